The monoisotopic (exact) mass is 657 g/mol. The van der Waals surface area contributed by atoms with Crippen LogP contribution < -0.4 is 14.4 Å². The molecule has 0 bridgehead atoms. The van der Waals surface area contributed by atoms with Gasteiger partial charge in [-0.25, -0.2) is 8.42 Å². The summed E-state index contributed by atoms with van der Waals surface area (Å²) < 4.78 is 35.3. The van der Waals surface area contributed by atoms with E-state index in [0.717, 1.165) is 20.8 Å². The third-order valence-corrected chi connectivity index (χ3v) is 9.30. The zero-order valence-corrected chi connectivity index (χ0v) is 27.0. The Labute approximate surface area is 258 Å². The minimum atomic E-state index is -4.14. The first kappa shape index (κ1) is 33.1. The van der Waals surface area contributed by atoms with Gasteiger partial charge in [0, 0.05) is 17.1 Å². The van der Waals surface area contributed by atoms with Crippen molar-refractivity contribution in [2.24, 2.45) is 0 Å². The number of benzene rings is 3. The molecule has 42 heavy (non-hydrogen) atoms. The molecule has 2 amide bonds. The molecule has 10 heteroatoms. The van der Waals surface area contributed by atoms with Crippen molar-refractivity contribution in [1.82, 2.24) is 10.2 Å². The van der Waals surface area contributed by atoms with Gasteiger partial charge in [0.05, 0.1) is 17.2 Å². The van der Waals surface area contributed by atoms with Crippen LogP contribution >= 0.6 is 15.9 Å². The van der Waals surface area contributed by atoms with E-state index < -0.39 is 28.5 Å². The minimum Gasteiger partial charge on any atom is -0.494 e. The van der Waals surface area contributed by atoms with Crippen molar-refractivity contribution in [3.8, 4) is 5.75 Å². The summed E-state index contributed by atoms with van der Waals surface area (Å²) in [5, 5.41) is 3.00. The molecule has 3 aromatic carbocycles. The lowest BCUT2D eigenvalue weighted by Gasteiger charge is -2.33. The molecule has 0 heterocycles. The van der Waals surface area contributed by atoms with Gasteiger partial charge < -0.3 is 15.0 Å². The minimum absolute atomic E-state index is 0.0461. The Bertz CT molecular complexity index is 1400. The molecular weight excluding hydrogens is 618 g/mol. The largest absolute Gasteiger partial charge is 0.494 e. The zero-order chi connectivity index (χ0) is 30.7. The molecule has 0 aliphatic heterocycles. The number of amides is 2. The van der Waals surface area contributed by atoms with Gasteiger partial charge in [-0.1, -0.05) is 60.1 Å². The molecule has 0 saturated carbocycles. The Morgan fingerprint density at radius 2 is 1.55 bits per heavy atom. The fourth-order valence-corrected chi connectivity index (χ4v) is 6.15. The number of hydrogen-bond donors (Lipinski definition) is 1. The Kier molecular flexibility index (Phi) is 12.4. The smallest absolute Gasteiger partial charge is 0.264 e. The quantitative estimate of drug-likeness (QED) is 0.223. The highest BCUT2D eigenvalue weighted by Gasteiger charge is 2.33. The molecular formula is C32H40BrN3O5S. The van der Waals surface area contributed by atoms with E-state index in [9.17, 15) is 18.0 Å². The normalized spacial score (nSPS) is 12.7. The van der Waals surface area contributed by atoms with Crippen molar-refractivity contribution in [3.63, 3.8) is 0 Å². The summed E-state index contributed by atoms with van der Waals surface area (Å²) >= 11 is 3.35. The van der Waals surface area contributed by atoms with Crippen LogP contribution in [0.5, 0.6) is 5.75 Å². The fraction of sp³-hybridized carbons (Fsp3) is 0.375. The Hall–Kier alpha value is -3.37. The molecule has 0 saturated heterocycles. The van der Waals surface area contributed by atoms with E-state index >= 15 is 0 Å². The third kappa shape index (κ3) is 8.82. The SMILES string of the molecule is CCOc1ccc(N(CC(=O)N(CCc2ccccc2)[C@@H](CC)C(=O)N[C@H](C)CC)S(=O)(=O)c2ccc(Br)cc2)cc1. The number of rotatable bonds is 15. The summed E-state index contributed by atoms with van der Waals surface area (Å²) in [6.07, 6.45) is 1.64. The van der Waals surface area contributed by atoms with Crippen molar-refractivity contribution in [2.45, 2.75) is 63.9 Å². The van der Waals surface area contributed by atoms with Gasteiger partial charge in [0.1, 0.15) is 18.3 Å². The number of sulfonamides is 1. The Morgan fingerprint density at radius 3 is 2.12 bits per heavy atom. The maximum absolute atomic E-state index is 14.1. The number of carbonyl (C=O) groups is 2. The number of nitrogens with zero attached hydrogens (tertiary/aromatic N) is 2. The van der Waals surface area contributed by atoms with Crippen LogP contribution in [0.4, 0.5) is 5.69 Å². The average molecular weight is 659 g/mol. The highest BCUT2D eigenvalue weighted by molar-refractivity contribution is 9.10. The van der Waals surface area contributed by atoms with E-state index in [0.29, 0.717) is 30.9 Å². The summed E-state index contributed by atoms with van der Waals surface area (Å²) in [4.78, 5) is 29.0. The van der Waals surface area contributed by atoms with Gasteiger partial charge >= 0.3 is 0 Å². The van der Waals surface area contributed by atoms with Gasteiger partial charge in [-0.2, -0.15) is 0 Å². The van der Waals surface area contributed by atoms with Gasteiger partial charge in [0.15, 0.2) is 0 Å². The van der Waals surface area contributed by atoms with Crippen molar-refractivity contribution >= 4 is 43.5 Å². The van der Waals surface area contributed by atoms with Crippen molar-refractivity contribution in [1.29, 1.82) is 0 Å². The Balaban J connectivity index is 2.01. The van der Waals surface area contributed by atoms with Crippen LogP contribution in [-0.4, -0.2) is 56.9 Å². The van der Waals surface area contributed by atoms with Gasteiger partial charge in [-0.05, 0) is 87.2 Å². The standard InChI is InChI=1S/C32H40BrN3O5S/c1-5-24(4)34-32(38)30(6-2)35(22-21-25-11-9-8-10-12-25)31(37)23-36(27-15-17-28(18-16-27)41-7-3)42(39,40)29-19-13-26(33)14-20-29/h8-20,24,30H,5-7,21-23H2,1-4H3,(H,34,38)/t24-,30+/m1/s1. The average Bonchev–Trinajstić information content (AvgIpc) is 2.99. The number of carbonyl (C=O) groups excluding carboxylic acids is 2. The van der Waals surface area contributed by atoms with Crippen LogP contribution in [0.3, 0.4) is 0 Å². The van der Waals surface area contributed by atoms with E-state index in [1.807, 2.05) is 58.0 Å². The summed E-state index contributed by atoms with van der Waals surface area (Å²) in [7, 11) is -4.14. The summed E-state index contributed by atoms with van der Waals surface area (Å²) in [5.74, 6) is -0.130. The molecule has 0 fully saturated rings. The molecule has 2 atom stereocenters. The van der Waals surface area contributed by atoms with Gasteiger partial charge in [0.25, 0.3) is 10.0 Å². The maximum Gasteiger partial charge on any atom is 0.264 e. The summed E-state index contributed by atoms with van der Waals surface area (Å²) in [5.41, 5.74) is 1.33. The van der Waals surface area contributed by atoms with Crippen LogP contribution in [0.1, 0.15) is 46.1 Å². The molecule has 0 aliphatic rings. The molecule has 0 aliphatic carbocycles. The highest BCUT2D eigenvalue weighted by atomic mass is 79.9. The van der Waals surface area contributed by atoms with E-state index in [-0.39, 0.29) is 23.4 Å². The van der Waals surface area contributed by atoms with E-state index in [2.05, 4.69) is 21.2 Å². The van der Waals surface area contributed by atoms with Gasteiger partial charge in [-0.3, -0.25) is 13.9 Å². The fourth-order valence-electron chi connectivity index (χ4n) is 4.47. The molecule has 8 nitrogen and oxygen atoms in total. The first-order valence-electron chi connectivity index (χ1n) is 14.3. The van der Waals surface area contributed by atoms with Crippen molar-refractivity contribution in [2.75, 3.05) is 24.0 Å². The van der Waals surface area contributed by atoms with Crippen LogP contribution in [0, 0.1) is 0 Å². The van der Waals surface area contributed by atoms with E-state index in [1.54, 1.807) is 36.4 Å². The first-order valence-corrected chi connectivity index (χ1v) is 16.5. The van der Waals surface area contributed by atoms with E-state index in [1.165, 1.54) is 17.0 Å². The second kappa shape index (κ2) is 15.7. The number of hydrogen-bond acceptors (Lipinski definition) is 5. The zero-order valence-electron chi connectivity index (χ0n) is 24.6. The number of anilines is 1. The van der Waals surface area contributed by atoms with Crippen LogP contribution in [0.25, 0.3) is 0 Å². The molecule has 3 rings (SSSR count). The van der Waals surface area contributed by atoms with Gasteiger partial charge in [0.2, 0.25) is 11.8 Å². The van der Waals surface area contributed by atoms with Crippen LogP contribution in [0.2, 0.25) is 0 Å². The number of halogens is 1. The summed E-state index contributed by atoms with van der Waals surface area (Å²) in [6, 6.07) is 21.7. The number of ether oxygens (including phenoxy) is 1. The van der Waals surface area contributed by atoms with E-state index in [4.69, 9.17) is 4.74 Å². The molecule has 1 N–H and O–H groups in total. The van der Waals surface area contributed by atoms with Crippen molar-refractivity contribution < 1.29 is 22.7 Å². The molecule has 0 aromatic heterocycles. The maximum atomic E-state index is 14.1. The van der Waals surface area contributed by atoms with Crippen molar-refractivity contribution in [3.05, 3.63) is 88.9 Å². The predicted octanol–water partition coefficient (Wildman–Crippen LogP) is 5.81. The Morgan fingerprint density at radius 1 is 0.905 bits per heavy atom. The lowest BCUT2D eigenvalue weighted by molar-refractivity contribution is -0.139. The second-order valence-corrected chi connectivity index (χ2v) is 12.7. The lowest BCUT2D eigenvalue weighted by atomic mass is 10.1. The highest BCUT2D eigenvalue weighted by Crippen LogP contribution is 2.27. The molecule has 0 radical (unpaired) electrons. The molecule has 0 spiro atoms. The molecule has 0 unspecified atom stereocenters. The van der Waals surface area contributed by atoms with Crippen LogP contribution in [-0.2, 0) is 26.0 Å². The molecule has 226 valence electrons. The number of nitrogens with one attached hydrogen (secondary N) is 1. The third-order valence-electron chi connectivity index (χ3n) is 6.99. The second-order valence-electron chi connectivity index (χ2n) is 9.96. The van der Waals surface area contributed by atoms with Gasteiger partial charge in [-0.15, -0.1) is 0 Å². The predicted molar refractivity (Wildman–Crippen MR) is 170 cm³/mol. The first-order chi connectivity index (χ1) is 20.1. The van der Waals surface area contributed by atoms with Crippen LogP contribution in [0.15, 0.2) is 88.2 Å². The summed E-state index contributed by atoms with van der Waals surface area (Å²) in [6.45, 7) is 7.85. The topological polar surface area (TPSA) is 96.0 Å². The lowest BCUT2D eigenvalue weighted by Crippen LogP contribution is -2.54. The molecule has 3 aromatic rings.